The van der Waals surface area contributed by atoms with E-state index in [0.29, 0.717) is 42.3 Å². The number of aromatic nitrogens is 3. The van der Waals surface area contributed by atoms with Crippen molar-refractivity contribution < 1.29 is 23.5 Å². The lowest BCUT2D eigenvalue weighted by molar-refractivity contribution is -0.143. The summed E-state index contributed by atoms with van der Waals surface area (Å²) in [5, 5.41) is 16.8. The molecule has 3 aromatic rings. The molecule has 9 heteroatoms. The Bertz CT molecular complexity index is 1140. The van der Waals surface area contributed by atoms with E-state index < -0.39 is 18.3 Å². The van der Waals surface area contributed by atoms with Crippen molar-refractivity contribution in [3.05, 3.63) is 53.5 Å². The standard InChI is InChI=1S/C22H22F2N4O3/c1-12-3-2-4-17(25-12)21(29)26-19-9-14-11-28(27-18(14)10-16(19)20(23)24)15-7-5-13(6-8-15)22(30)31/h2-4,9-11,13,15,20H,5-8H2,1H3,(H,26,29)(H,30,31). The van der Waals surface area contributed by atoms with Crippen LogP contribution in [0.2, 0.25) is 0 Å². The Labute approximate surface area is 177 Å². The van der Waals surface area contributed by atoms with Crippen LogP contribution in [-0.4, -0.2) is 31.7 Å². The minimum Gasteiger partial charge on any atom is -0.481 e. The van der Waals surface area contributed by atoms with E-state index >= 15 is 0 Å². The molecule has 0 bridgehead atoms. The number of carboxylic acids is 1. The molecule has 0 aliphatic heterocycles. The van der Waals surface area contributed by atoms with Gasteiger partial charge in [0, 0.05) is 22.8 Å². The molecule has 0 saturated heterocycles. The van der Waals surface area contributed by atoms with Crippen molar-refractivity contribution in [2.45, 2.75) is 45.1 Å². The molecule has 2 N–H and O–H groups in total. The number of alkyl halides is 2. The van der Waals surface area contributed by atoms with Crippen LogP contribution >= 0.6 is 0 Å². The Morgan fingerprint density at radius 3 is 2.58 bits per heavy atom. The van der Waals surface area contributed by atoms with E-state index in [1.165, 1.54) is 18.2 Å². The van der Waals surface area contributed by atoms with E-state index in [9.17, 15) is 18.4 Å². The summed E-state index contributed by atoms with van der Waals surface area (Å²) < 4.78 is 29.1. The average Bonchev–Trinajstić information content (AvgIpc) is 3.16. The molecule has 4 rings (SSSR count). The number of nitrogens with one attached hydrogen (secondary N) is 1. The summed E-state index contributed by atoms with van der Waals surface area (Å²) in [5.74, 6) is -1.69. The Morgan fingerprint density at radius 2 is 1.94 bits per heavy atom. The van der Waals surface area contributed by atoms with Gasteiger partial charge >= 0.3 is 5.97 Å². The Hall–Kier alpha value is -3.36. The summed E-state index contributed by atoms with van der Waals surface area (Å²) in [6, 6.07) is 7.75. The van der Waals surface area contributed by atoms with Crippen LogP contribution in [-0.2, 0) is 4.79 Å². The monoisotopic (exact) mass is 428 g/mol. The van der Waals surface area contributed by atoms with Gasteiger partial charge in [-0.25, -0.2) is 13.8 Å². The summed E-state index contributed by atoms with van der Waals surface area (Å²) in [7, 11) is 0. The van der Waals surface area contributed by atoms with Crippen molar-refractivity contribution in [3.8, 4) is 0 Å². The Morgan fingerprint density at radius 1 is 1.19 bits per heavy atom. The van der Waals surface area contributed by atoms with Gasteiger partial charge in [0.1, 0.15) is 5.69 Å². The Kier molecular flexibility index (Phi) is 5.67. The van der Waals surface area contributed by atoms with Gasteiger partial charge in [-0.15, -0.1) is 0 Å². The number of hydrogen-bond acceptors (Lipinski definition) is 4. The molecule has 0 unspecified atom stereocenters. The topological polar surface area (TPSA) is 97.1 Å². The fourth-order valence-corrected chi connectivity index (χ4v) is 4.03. The molecule has 2 heterocycles. The highest BCUT2D eigenvalue weighted by Gasteiger charge is 2.27. The number of amides is 1. The van der Waals surface area contributed by atoms with Crippen molar-refractivity contribution in [3.63, 3.8) is 0 Å². The van der Waals surface area contributed by atoms with Gasteiger partial charge in [0.15, 0.2) is 0 Å². The summed E-state index contributed by atoms with van der Waals surface area (Å²) >= 11 is 0. The van der Waals surface area contributed by atoms with Crippen LogP contribution in [0.4, 0.5) is 14.5 Å². The minimum atomic E-state index is -2.79. The zero-order valence-electron chi connectivity index (χ0n) is 16.9. The second-order valence-corrected chi connectivity index (χ2v) is 7.87. The lowest BCUT2D eigenvalue weighted by Crippen LogP contribution is -2.23. The molecule has 1 aromatic carbocycles. The molecule has 7 nitrogen and oxygen atoms in total. The zero-order chi connectivity index (χ0) is 22.1. The van der Waals surface area contributed by atoms with Crippen LogP contribution < -0.4 is 5.32 Å². The van der Waals surface area contributed by atoms with Gasteiger partial charge in [-0.1, -0.05) is 6.07 Å². The number of anilines is 1. The number of aliphatic carboxylic acids is 1. The zero-order valence-corrected chi connectivity index (χ0v) is 16.9. The van der Waals surface area contributed by atoms with E-state index in [1.54, 1.807) is 29.9 Å². The quantitative estimate of drug-likeness (QED) is 0.612. The molecule has 2 aromatic heterocycles. The van der Waals surface area contributed by atoms with Crippen LogP contribution in [0, 0.1) is 12.8 Å². The van der Waals surface area contributed by atoms with Crippen molar-refractivity contribution in [2.24, 2.45) is 5.92 Å². The third kappa shape index (κ3) is 4.40. The number of aryl methyl sites for hydroxylation is 1. The highest BCUT2D eigenvalue weighted by molar-refractivity contribution is 6.04. The number of benzene rings is 1. The number of carbonyl (C=O) groups is 2. The van der Waals surface area contributed by atoms with Gasteiger partial charge in [-0.3, -0.25) is 14.3 Å². The van der Waals surface area contributed by atoms with E-state index in [4.69, 9.17) is 5.11 Å². The fraction of sp³-hybridized carbons (Fsp3) is 0.364. The van der Waals surface area contributed by atoms with E-state index in [1.807, 2.05) is 0 Å². The van der Waals surface area contributed by atoms with Crippen molar-refractivity contribution in [1.29, 1.82) is 0 Å². The molecule has 1 aliphatic carbocycles. The molecular weight excluding hydrogens is 406 g/mol. The van der Waals surface area contributed by atoms with Gasteiger partial charge in [0.25, 0.3) is 12.3 Å². The summed E-state index contributed by atoms with van der Waals surface area (Å²) in [4.78, 5) is 27.8. The first kappa shape index (κ1) is 20.9. The highest BCUT2D eigenvalue weighted by atomic mass is 19.3. The number of halogens is 2. The molecule has 0 spiro atoms. The molecule has 31 heavy (non-hydrogen) atoms. The summed E-state index contributed by atoms with van der Waals surface area (Å²) in [5.41, 5.74) is 0.905. The molecule has 1 fully saturated rings. The fourth-order valence-electron chi connectivity index (χ4n) is 4.03. The maximum atomic E-state index is 13.7. The highest BCUT2D eigenvalue weighted by Crippen LogP contribution is 2.35. The number of carboxylic acid groups (broad SMARTS) is 1. The first-order valence-corrected chi connectivity index (χ1v) is 10.1. The summed E-state index contributed by atoms with van der Waals surface area (Å²) in [6.07, 6.45) is 1.41. The normalized spacial score (nSPS) is 19.0. The van der Waals surface area contributed by atoms with E-state index in [-0.39, 0.29) is 28.9 Å². The molecule has 1 amide bonds. The largest absolute Gasteiger partial charge is 0.481 e. The SMILES string of the molecule is Cc1cccc(C(=O)Nc2cc3cn(C4CCC(C(=O)O)CC4)nc3cc2C(F)F)n1. The van der Waals surface area contributed by atoms with Gasteiger partial charge in [-0.2, -0.15) is 5.10 Å². The van der Waals surface area contributed by atoms with Gasteiger partial charge in [-0.05, 0) is 56.9 Å². The third-order valence-electron chi connectivity index (χ3n) is 5.72. The summed E-state index contributed by atoms with van der Waals surface area (Å²) in [6.45, 7) is 1.74. The van der Waals surface area contributed by atoms with Crippen molar-refractivity contribution >= 4 is 28.5 Å². The number of pyridine rings is 1. The average molecular weight is 428 g/mol. The van der Waals surface area contributed by atoms with Crippen LogP contribution in [0.3, 0.4) is 0 Å². The van der Waals surface area contributed by atoms with Gasteiger partial charge in [0.2, 0.25) is 0 Å². The maximum Gasteiger partial charge on any atom is 0.306 e. The predicted octanol–water partition coefficient (Wildman–Crippen LogP) is 4.75. The van der Waals surface area contributed by atoms with Gasteiger partial charge < -0.3 is 10.4 Å². The molecule has 0 radical (unpaired) electrons. The number of nitrogens with zero attached hydrogens (tertiary/aromatic N) is 3. The lowest BCUT2D eigenvalue weighted by Gasteiger charge is -2.26. The minimum absolute atomic E-state index is 0.0185. The third-order valence-corrected chi connectivity index (χ3v) is 5.72. The number of hydrogen-bond donors (Lipinski definition) is 2. The van der Waals surface area contributed by atoms with Crippen molar-refractivity contribution in [1.82, 2.24) is 14.8 Å². The first-order valence-electron chi connectivity index (χ1n) is 10.1. The smallest absolute Gasteiger partial charge is 0.306 e. The number of carbonyl (C=O) groups excluding carboxylic acids is 1. The lowest BCUT2D eigenvalue weighted by atomic mass is 9.86. The number of fused-ring (bicyclic) bond motifs is 1. The molecule has 1 saturated carbocycles. The maximum absolute atomic E-state index is 13.7. The molecule has 0 atom stereocenters. The second kappa shape index (κ2) is 8.41. The van der Waals surface area contributed by atoms with Crippen LogP contribution in [0.5, 0.6) is 0 Å². The number of rotatable bonds is 5. The molecule has 162 valence electrons. The second-order valence-electron chi connectivity index (χ2n) is 7.87. The van der Waals surface area contributed by atoms with Crippen LogP contribution in [0.15, 0.2) is 36.5 Å². The first-order chi connectivity index (χ1) is 14.8. The molecule has 1 aliphatic rings. The predicted molar refractivity (Wildman–Crippen MR) is 110 cm³/mol. The Balaban J connectivity index is 1.61. The van der Waals surface area contributed by atoms with Gasteiger partial charge in [0.05, 0.1) is 23.2 Å². The van der Waals surface area contributed by atoms with Crippen LogP contribution in [0.25, 0.3) is 10.9 Å². The van der Waals surface area contributed by atoms with Crippen LogP contribution in [0.1, 0.15) is 59.9 Å². The van der Waals surface area contributed by atoms with E-state index in [0.717, 1.165) is 0 Å². The van der Waals surface area contributed by atoms with Crippen molar-refractivity contribution in [2.75, 3.05) is 5.32 Å². The van der Waals surface area contributed by atoms with E-state index in [2.05, 4.69) is 15.4 Å². The molecular formula is C22H22F2N4O3.